The van der Waals surface area contributed by atoms with Crippen molar-refractivity contribution in [1.82, 2.24) is 0 Å². The minimum atomic E-state index is -0.683. The van der Waals surface area contributed by atoms with Gasteiger partial charge in [0.25, 0.3) is 0 Å². The van der Waals surface area contributed by atoms with Gasteiger partial charge in [0.1, 0.15) is 11.7 Å². The number of nitrogens with zero attached hydrogens (tertiary/aromatic N) is 1. The summed E-state index contributed by atoms with van der Waals surface area (Å²) in [5.41, 5.74) is 1.73. The maximum Gasteiger partial charge on any atom is 0.157 e. The number of Topliss-reactive ketones (excluding diaryl/α,β-unsaturated/α-hetero) is 1. The molecule has 0 N–H and O–H groups in total. The van der Waals surface area contributed by atoms with E-state index in [9.17, 15) is 10.1 Å². The van der Waals surface area contributed by atoms with Gasteiger partial charge in [-0.15, -0.1) is 0 Å². The molecule has 1 aromatic carbocycles. The molecule has 0 spiro atoms. The monoisotopic (exact) mass is 229 g/mol. The predicted octanol–water partition coefficient (Wildman–Crippen LogP) is 2.59. The van der Waals surface area contributed by atoms with Crippen LogP contribution in [0.15, 0.2) is 18.2 Å². The first-order valence-corrected chi connectivity index (χ1v) is 5.75. The van der Waals surface area contributed by atoms with Gasteiger partial charge < -0.3 is 4.74 Å². The molecule has 1 aromatic rings. The van der Waals surface area contributed by atoms with Gasteiger partial charge in [0.2, 0.25) is 0 Å². The van der Waals surface area contributed by atoms with E-state index in [1.807, 2.05) is 25.1 Å². The Kier molecular flexibility index (Phi) is 3.14. The van der Waals surface area contributed by atoms with Gasteiger partial charge in [-0.2, -0.15) is 5.26 Å². The van der Waals surface area contributed by atoms with Crippen molar-refractivity contribution in [3.8, 4) is 11.8 Å². The first-order chi connectivity index (χ1) is 8.17. The molecule has 0 aliphatic heterocycles. The Labute approximate surface area is 101 Å². The van der Waals surface area contributed by atoms with Gasteiger partial charge in [-0.25, -0.2) is 0 Å². The van der Waals surface area contributed by atoms with Crippen LogP contribution in [0.1, 0.15) is 29.9 Å². The number of hydrogen-bond donors (Lipinski definition) is 0. The summed E-state index contributed by atoms with van der Waals surface area (Å²) < 4.78 is 5.23. The summed E-state index contributed by atoms with van der Waals surface area (Å²) >= 11 is 0. The highest BCUT2D eigenvalue weighted by molar-refractivity contribution is 5.92. The van der Waals surface area contributed by atoms with E-state index in [1.165, 1.54) is 0 Å². The second-order valence-corrected chi connectivity index (χ2v) is 4.48. The quantitative estimate of drug-likeness (QED) is 0.797. The minimum Gasteiger partial charge on any atom is -0.496 e. The van der Waals surface area contributed by atoms with Crippen molar-refractivity contribution in [3.63, 3.8) is 0 Å². The van der Waals surface area contributed by atoms with E-state index in [-0.39, 0.29) is 11.7 Å². The fourth-order valence-corrected chi connectivity index (χ4v) is 1.97. The first-order valence-electron chi connectivity index (χ1n) is 5.75. The van der Waals surface area contributed by atoms with Crippen LogP contribution in [0.2, 0.25) is 0 Å². The minimum absolute atomic E-state index is 0.0383. The van der Waals surface area contributed by atoms with E-state index in [0.29, 0.717) is 11.3 Å². The number of aryl methyl sites for hydroxylation is 1. The molecule has 0 bridgehead atoms. The lowest BCUT2D eigenvalue weighted by Crippen LogP contribution is -2.13. The number of ketones is 1. The number of hydrogen-bond acceptors (Lipinski definition) is 3. The molecule has 88 valence electrons. The van der Waals surface area contributed by atoms with Crippen LogP contribution in [-0.2, 0) is 4.79 Å². The Morgan fingerprint density at radius 2 is 2.24 bits per heavy atom. The zero-order chi connectivity index (χ0) is 12.4. The molecule has 0 aromatic heterocycles. The molecule has 0 heterocycles. The third-order valence-electron chi connectivity index (χ3n) is 3.09. The second-order valence-electron chi connectivity index (χ2n) is 4.48. The van der Waals surface area contributed by atoms with Gasteiger partial charge in [-0.1, -0.05) is 17.7 Å². The van der Waals surface area contributed by atoms with E-state index in [4.69, 9.17) is 4.74 Å². The van der Waals surface area contributed by atoms with Crippen molar-refractivity contribution in [1.29, 1.82) is 5.26 Å². The second kappa shape index (κ2) is 4.58. The van der Waals surface area contributed by atoms with Crippen LogP contribution in [0.3, 0.4) is 0 Å². The van der Waals surface area contributed by atoms with Crippen molar-refractivity contribution in [3.05, 3.63) is 29.3 Å². The van der Waals surface area contributed by atoms with Crippen LogP contribution in [-0.4, -0.2) is 12.9 Å². The van der Waals surface area contributed by atoms with E-state index >= 15 is 0 Å². The molecule has 1 unspecified atom stereocenters. The summed E-state index contributed by atoms with van der Waals surface area (Å²) in [6.07, 6.45) is 1.84. The predicted molar refractivity (Wildman–Crippen MR) is 63.8 cm³/mol. The van der Waals surface area contributed by atoms with Crippen LogP contribution in [0.25, 0.3) is 0 Å². The Bertz CT molecular complexity index is 483. The van der Waals surface area contributed by atoms with E-state index in [2.05, 4.69) is 6.07 Å². The molecule has 1 atom stereocenters. The largest absolute Gasteiger partial charge is 0.496 e. The summed E-state index contributed by atoms with van der Waals surface area (Å²) in [6, 6.07) is 7.71. The summed E-state index contributed by atoms with van der Waals surface area (Å²) in [7, 11) is 1.56. The molecule has 3 heteroatoms. The van der Waals surface area contributed by atoms with Gasteiger partial charge in [-0.3, -0.25) is 4.79 Å². The van der Waals surface area contributed by atoms with Crippen LogP contribution in [0, 0.1) is 24.2 Å². The summed E-state index contributed by atoms with van der Waals surface area (Å²) in [6.45, 7) is 1.94. The maximum absolute atomic E-state index is 12.0. The molecule has 1 aliphatic carbocycles. The molecular weight excluding hydrogens is 214 g/mol. The van der Waals surface area contributed by atoms with E-state index in [0.717, 1.165) is 18.4 Å². The zero-order valence-corrected chi connectivity index (χ0v) is 10.1. The molecule has 0 saturated heterocycles. The van der Waals surface area contributed by atoms with Crippen molar-refractivity contribution in [2.45, 2.75) is 25.7 Å². The number of benzene rings is 1. The third kappa shape index (κ3) is 2.31. The topological polar surface area (TPSA) is 50.1 Å². The number of methoxy groups -OCH3 is 1. The average molecular weight is 229 g/mol. The lowest BCUT2D eigenvalue weighted by molar-refractivity contribution is -0.120. The highest BCUT2D eigenvalue weighted by Gasteiger charge is 2.36. The summed E-state index contributed by atoms with van der Waals surface area (Å²) in [5.74, 6) is 0.0646. The Morgan fingerprint density at radius 1 is 1.53 bits per heavy atom. The number of nitriles is 1. The normalized spacial score (nSPS) is 16.1. The molecule has 3 nitrogen and oxygen atoms in total. The van der Waals surface area contributed by atoms with Crippen LogP contribution in [0.4, 0.5) is 0 Å². The molecule has 1 fully saturated rings. The van der Waals surface area contributed by atoms with Gasteiger partial charge in [-0.05, 0) is 25.8 Å². The Hall–Kier alpha value is -1.82. The number of rotatable bonds is 4. The maximum atomic E-state index is 12.0. The molecule has 0 amide bonds. The van der Waals surface area contributed by atoms with Crippen LogP contribution < -0.4 is 4.74 Å². The fourth-order valence-electron chi connectivity index (χ4n) is 1.97. The van der Waals surface area contributed by atoms with E-state index < -0.39 is 5.92 Å². The number of carbonyl (C=O) groups is 1. The van der Waals surface area contributed by atoms with E-state index in [1.54, 1.807) is 7.11 Å². The summed E-state index contributed by atoms with van der Waals surface area (Å²) in [5, 5.41) is 9.21. The molecule has 2 rings (SSSR count). The van der Waals surface area contributed by atoms with Crippen molar-refractivity contribution < 1.29 is 9.53 Å². The molecule has 1 aliphatic rings. The SMILES string of the molecule is COc1ccc(C)cc1C(C#N)C(=O)C1CC1. The van der Waals surface area contributed by atoms with Crippen LogP contribution >= 0.6 is 0 Å². The summed E-state index contributed by atoms with van der Waals surface area (Å²) in [4.78, 5) is 12.0. The number of carbonyl (C=O) groups excluding carboxylic acids is 1. The first kappa shape index (κ1) is 11.7. The smallest absolute Gasteiger partial charge is 0.157 e. The van der Waals surface area contributed by atoms with Gasteiger partial charge in [0.15, 0.2) is 5.78 Å². The van der Waals surface area contributed by atoms with Crippen molar-refractivity contribution >= 4 is 5.78 Å². The zero-order valence-electron chi connectivity index (χ0n) is 10.1. The van der Waals surface area contributed by atoms with Gasteiger partial charge in [0, 0.05) is 11.5 Å². The molecule has 1 saturated carbocycles. The molecular formula is C14H15NO2. The average Bonchev–Trinajstić information content (AvgIpc) is 3.14. The molecule has 17 heavy (non-hydrogen) atoms. The Morgan fingerprint density at radius 3 is 2.76 bits per heavy atom. The Balaban J connectivity index is 2.39. The highest BCUT2D eigenvalue weighted by atomic mass is 16.5. The lowest BCUT2D eigenvalue weighted by Gasteiger charge is -2.13. The lowest BCUT2D eigenvalue weighted by atomic mass is 9.91. The van der Waals surface area contributed by atoms with Crippen LogP contribution in [0.5, 0.6) is 5.75 Å². The highest BCUT2D eigenvalue weighted by Crippen LogP contribution is 2.37. The number of ether oxygens (including phenoxy) is 1. The molecule has 0 radical (unpaired) electrons. The van der Waals surface area contributed by atoms with Gasteiger partial charge >= 0.3 is 0 Å². The standard InChI is InChI=1S/C14H15NO2/c1-9-3-6-13(17-2)11(7-9)12(8-15)14(16)10-4-5-10/h3,6-7,10,12H,4-5H2,1-2H3. The van der Waals surface area contributed by atoms with Crippen molar-refractivity contribution in [2.75, 3.05) is 7.11 Å². The fraction of sp³-hybridized carbons (Fsp3) is 0.429. The third-order valence-corrected chi connectivity index (χ3v) is 3.09. The van der Waals surface area contributed by atoms with Crippen molar-refractivity contribution in [2.24, 2.45) is 5.92 Å². The van der Waals surface area contributed by atoms with Gasteiger partial charge in [0.05, 0.1) is 13.2 Å².